The van der Waals surface area contributed by atoms with Crippen LogP contribution < -0.4 is 9.80 Å². The lowest BCUT2D eigenvalue weighted by atomic mass is 9.79. The van der Waals surface area contributed by atoms with Gasteiger partial charge in [0.2, 0.25) is 0 Å². The Hall–Kier alpha value is -2.81. The smallest absolute Gasteiger partial charge is 0.163 e. The van der Waals surface area contributed by atoms with Crippen molar-refractivity contribution in [2.75, 3.05) is 38.0 Å². The molecule has 1 aliphatic carbocycles. The Balaban J connectivity index is 1.97. The Morgan fingerprint density at radius 1 is 0.786 bits per heavy atom. The van der Waals surface area contributed by atoms with Crippen molar-refractivity contribution in [3.05, 3.63) is 70.8 Å². The predicted molar refractivity (Wildman–Crippen MR) is 121 cm³/mol. The summed E-state index contributed by atoms with van der Waals surface area (Å²) in [6.45, 7) is 2.22. The van der Waals surface area contributed by atoms with Crippen LogP contribution in [0.4, 0.5) is 11.4 Å². The normalized spacial score (nSPS) is 19.9. The van der Waals surface area contributed by atoms with Crippen molar-refractivity contribution in [2.24, 2.45) is 5.92 Å². The number of ketones is 1. The fraction of sp³-hybridized carbons (Fsp3) is 0.320. The van der Waals surface area contributed by atoms with Gasteiger partial charge in [-0.25, -0.2) is 0 Å². The van der Waals surface area contributed by atoms with E-state index < -0.39 is 0 Å². The van der Waals surface area contributed by atoms with Gasteiger partial charge in [0.15, 0.2) is 5.78 Å². The lowest BCUT2D eigenvalue weighted by Crippen LogP contribution is -2.18. The van der Waals surface area contributed by atoms with E-state index in [1.807, 2.05) is 28.2 Å². The van der Waals surface area contributed by atoms with Crippen LogP contribution in [0, 0.1) is 5.92 Å². The van der Waals surface area contributed by atoms with Gasteiger partial charge in [-0.05, 0) is 59.4 Å². The summed E-state index contributed by atoms with van der Waals surface area (Å²) in [5, 5.41) is 0. The van der Waals surface area contributed by atoms with Crippen molar-refractivity contribution in [1.82, 2.24) is 0 Å². The number of carbonyl (C=O) groups is 1. The molecule has 0 bridgehead atoms. The summed E-state index contributed by atoms with van der Waals surface area (Å²) in [7, 11) is 8.14. The van der Waals surface area contributed by atoms with E-state index in [-0.39, 0.29) is 5.78 Å². The third-order valence-corrected chi connectivity index (χ3v) is 5.40. The molecular weight excluding hydrogens is 344 g/mol. The minimum Gasteiger partial charge on any atom is -0.378 e. The second-order valence-electron chi connectivity index (χ2n) is 7.99. The molecule has 3 heteroatoms. The van der Waals surface area contributed by atoms with Crippen LogP contribution in [0.3, 0.4) is 0 Å². The van der Waals surface area contributed by atoms with Gasteiger partial charge in [0.05, 0.1) is 0 Å². The van der Waals surface area contributed by atoms with E-state index in [4.69, 9.17) is 0 Å². The Morgan fingerprint density at radius 2 is 1.25 bits per heavy atom. The SMILES string of the molecule is CC1CCC(=O)C(=Cc2ccc(N(C)C)cc2)C1=Cc1ccc(N(C)C)cc1. The molecule has 2 aromatic rings. The van der Waals surface area contributed by atoms with E-state index in [0.717, 1.165) is 34.4 Å². The van der Waals surface area contributed by atoms with Gasteiger partial charge in [0.1, 0.15) is 0 Å². The highest BCUT2D eigenvalue weighted by Crippen LogP contribution is 2.34. The molecule has 0 N–H and O–H groups in total. The fourth-order valence-electron chi connectivity index (χ4n) is 3.53. The number of Topliss-reactive ketones (excluding diaryl/α,β-unsaturated/α-hetero) is 1. The minimum atomic E-state index is 0.242. The molecule has 1 aliphatic rings. The van der Waals surface area contributed by atoms with Gasteiger partial charge < -0.3 is 9.80 Å². The largest absolute Gasteiger partial charge is 0.378 e. The van der Waals surface area contributed by atoms with Crippen LogP contribution in [0.2, 0.25) is 0 Å². The molecule has 2 aromatic carbocycles. The number of carbonyl (C=O) groups excluding carboxylic acids is 1. The van der Waals surface area contributed by atoms with Gasteiger partial charge in [-0.15, -0.1) is 0 Å². The number of anilines is 2. The highest BCUT2D eigenvalue weighted by Gasteiger charge is 2.25. The zero-order valence-electron chi connectivity index (χ0n) is 17.6. The highest BCUT2D eigenvalue weighted by atomic mass is 16.1. The molecule has 0 amide bonds. The standard InChI is InChI=1S/C25H30N2O/c1-18-6-15-25(28)24(17-20-9-13-22(14-10-20)27(4)5)23(18)16-19-7-11-21(12-8-19)26(2)3/h7-14,16-18H,6,15H2,1-5H3. The predicted octanol–water partition coefficient (Wildman–Crippen LogP) is 5.28. The van der Waals surface area contributed by atoms with Crippen LogP contribution in [0.25, 0.3) is 12.2 Å². The van der Waals surface area contributed by atoms with E-state index in [9.17, 15) is 4.79 Å². The molecule has 1 atom stereocenters. The number of rotatable bonds is 4. The maximum atomic E-state index is 12.7. The summed E-state index contributed by atoms with van der Waals surface area (Å²) in [5.74, 6) is 0.615. The quantitative estimate of drug-likeness (QED) is 0.680. The second-order valence-corrected chi connectivity index (χ2v) is 7.99. The van der Waals surface area contributed by atoms with Crippen molar-refractivity contribution in [3.8, 4) is 0 Å². The summed E-state index contributed by atoms with van der Waals surface area (Å²) < 4.78 is 0. The van der Waals surface area contributed by atoms with E-state index in [0.29, 0.717) is 12.3 Å². The topological polar surface area (TPSA) is 23.6 Å². The Morgan fingerprint density at radius 3 is 1.71 bits per heavy atom. The fourth-order valence-corrected chi connectivity index (χ4v) is 3.53. The lowest BCUT2D eigenvalue weighted by Gasteiger charge is -2.24. The van der Waals surface area contributed by atoms with Crippen LogP contribution in [-0.2, 0) is 4.79 Å². The number of hydrogen-bond acceptors (Lipinski definition) is 3. The Bertz CT molecular complexity index is 887. The summed E-state index contributed by atoms with van der Waals surface area (Å²) in [6.07, 6.45) is 5.77. The van der Waals surface area contributed by atoms with E-state index in [1.54, 1.807) is 0 Å². The summed E-state index contributed by atoms with van der Waals surface area (Å²) in [6, 6.07) is 16.8. The molecule has 0 saturated heterocycles. The van der Waals surface area contributed by atoms with E-state index >= 15 is 0 Å². The molecule has 3 nitrogen and oxygen atoms in total. The first-order valence-electron chi connectivity index (χ1n) is 9.87. The van der Waals surface area contributed by atoms with Crippen LogP contribution in [-0.4, -0.2) is 34.0 Å². The molecule has 1 saturated carbocycles. The molecule has 0 aliphatic heterocycles. The van der Waals surface area contributed by atoms with Gasteiger partial charge in [-0.1, -0.05) is 37.3 Å². The van der Waals surface area contributed by atoms with Gasteiger partial charge in [0.25, 0.3) is 0 Å². The maximum Gasteiger partial charge on any atom is 0.163 e. The zero-order chi connectivity index (χ0) is 20.3. The molecule has 3 rings (SSSR count). The number of nitrogens with zero attached hydrogens (tertiary/aromatic N) is 2. The molecule has 0 aromatic heterocycles. The highest BCUT2D eigenvalue weighted by molar-refractivity contribution is 6.06. The second kappa shape index (κ2) is 8.47. The molecule has 28 heavy (non-hydrogen) atoms. The van der Waals surface area contributed by atoms with Crippen LogP contribution in [0.5, 0.6) is 0 Å². The monoisotopic (exact) mass is 374 g/mol. The van der Waals surface area contributed by atoms with Gasteiger partial charge in [0, 0.05) is 51.6 Å². The molecule has 1 unspecified atom stereocenters. The van der Waals surface area contributed by atoms with Crippen molar-refractivity contribution >= 4 is 29.3 Å². The molecule has 1 fully saturated rings. The number of hydrogen-bond donors (Lipinski definition) is 0. The van der Waals surface area contributed by atoms with Crippen molar-refractivity contribution in [2.45, 2.75) is 19.8 Å². The summed E-state index contributed by atoms with van der Waals surface area (Å²) >= 11 is 0. The average Bonchev–Trinajstić information content (AvgIpc) is 2.68. The zero-order valence-corrected chi connectivity index (χ0v) is 17.6. The maximum absolute atomic E-state index is 12.7. The van der Waals surface area contributed by atoms with Crippen LogP contribution in [0.1, 0.15) is 30.9 Å². The molecular formula is C25H30N2O. The van der Waals surface area contributed by atoms with Gasteiger partial charge >= 0.3 is 0 Å². The van der Waals surface area contributed by atoms with Crippen molar-refractivity contribution in [1.29, 1.82) is 0 Å². The van der Waals surface area contributed by atoms with E-state index in [2.05, 4.69) is 77.4 Å². The van der Waals surface area contributed by atoms with Crippen molar-refractivity contribution in [3.63, 3.8) is 0 Å². The molecule has 146 valence electrons. The third-order valence-electron chi connectivity index (χ3n) is 5.40. The average molecular weight is 375 g/mol. The first kappa shape index (κ1) is 19.9. The van der Waals surface area contributed by atoms with Crippen molar-refractivity contribution < 1.29 is 4.79 Å². The minimum absolute atomic E-state index is 0.242. The van der Waals surface area contributed by atoms with Crippen LogP contribution in [0.15, 0.2) is 59.7 Å². The molecule has 0 heterocycles. The lowest BCUT2D eigenvalue weighted by molar-refractivity contribution is -0.116. The number of allylic oxidation sites excluding steroid dienone is 2. The Kier molecular flexibility index (Phi) is 6.03. The first-order valence-corrected chi connectivity index (χ1v) is 9.87. The third kappa shape index (κ3) is 4.53. The molecule has 0 radical (unpaired) electrons. The first-order chi connectivity index (χ1) is 13.3. The molecule has 0 spiro atoms. The van der Waals surface area contributed by atoms with Gasteiger partial charge in [-0.2, -0.15) is 0 Å². The van der Waals surface area contributed by atoms with Gasteiger partial charge in [-0.3, -0.25) is 4.79 Å². The summed E-state index contributed by atoms with van der Waals surface area (Å²) in [4.78, 5) is 16.9. The number of benzene rings is 2. The van der Waals surface area contributed by atoms with E-state index in [1.165, 1.54) is 5.69 Å². The Labute approximate surface area is 169 Å². The summed E-state index contributed by atoms with van der Waals surface area (Å²) in [5.41, 5.74) is 6.53. The van der Waals surface area contributed by atoms with Crippen LogP contribution >= 0.6 is 0 Å².